The van der Waals surface area contributed by atoms with Crippen LogP contribution in [0.4, 0.5) is 4.79 Å². The van der Waals surface area contributed by atoms with E-state index in [1.165, 1.54) is 0 Å². The van der Waals surface area contributed by atoms with Gasteiger partial charge >= 0.3 is 6.03 Å². The van der Waals surface area contributed by atoms with Crippen molar-refractivity contribution < 1.29 is 14.3 Å². The highest BCUT2D eigenvalue weighted by atomic mass is 35.5. The first-order valence-electron chi connectivity index (χ1n) is 12.7. The van der Waals surface area contributed by atoms with E-state index in [-0.39, 0.29) is 28.3 Å². The lowest BCUT2D eigenvalue weighted by Crippen LogP contribution is -2.52. The van der Waals surface area contributed by atoms with Crippen LogP contribution in [0.5, 0.6) is 0 Å². The number of likely N-dealkylation sites (tertiary alicyclic amines) is 1. The lowest BCUT2D eigenvalue weighted by molar-refractivity contribution is 0.0903. The number of piperidine rings is 1. The molecule has 11 heteroatoms. The van der Waals surface area contributed by atoms with E-state index >= 15 is 0 Å². The molecule has 1 saturated heterocycles. The molecule has 2 N–H and O–H groups in total. The molecule has 0 spiro atoms. The molecule has 2 aromatic heterocycles. The lowest BCUT2D eigenvalue weighted by atomic mass is 10.0. The second-order valence-corrected chi connectivity index (χ2v) is 11.0. The van der Waals surface area contributed by atoms with Crippen LogP contribution in [-0.4, -0.2) is 78.7 Å². The van der Waals surface area contributed by atoms with Gasteiger partial charge in [0.1, 0.15) is 10.3 Å². The summed E-state index contributed by atoms with van der Waals surface area (Å²) in [6.07, 6.45) is 3.43. The summed E-state index contributed by atoms with van der Waals surface area (Å²) in [4.78, 5) is 34.1. The quantitative estimate of drug-likeness (QED) is 0.278. The predicted molar refractivity (Wildman–Crippen MR) is 150 cm³/mol. The second-order valence-electron chi connectivity index (χ2n) is 9.43. The third kappa shape index (κ3) is 8.82. The number of nitrogens with one attached hydrogen (secondary N) is 2. The zero-order valence-corrected chi connectivity index (χ0v) is 24.1. The number of aromatic nitrogens is 1. The van der Waals surface area contributed by atoms with Crippen molar-refractivity contribution in [3.63, 3.8) is 0 Å². The number of amides is 3. The molecule has 1 atom stereocenters. The standard InChI is InChI=1S/C26H37Cl2N5O3S/c1-18-15-22(27)31-24(28)23(18)25(34)29-10-5-19(2)32-11-6-21(7-12-32)33(16-20-8-14-37-17-20)26(35)30-9-4-13-36-3/h8,14-15,17,19,21H,4-7,9-13,16H2,1-3H3,(H,29,34)(H,30,35)/t19-/m1/s1. The first-order chi connectivity index (χ1) is 17.8. The van der Waals surface area contributed by atoms with Gasteiger partial charge in [-0.3, -0.25) is 4.79 Å². The molecule has 0 bridgehead atoms. The number of ether oxygens (including phenoxy) is 1. The molecule has 1 fully saturated rings. The van der Waals surface area contributed by atoms with Crippen LogP contribution in [-0.2, 0) is 11.3 Å². The average Bonchev–Trinajstić information content (AvgIpc) is 3.38. The first-order valence-corrected chi connectivity index (χ1v) is 14.4. The summed E-state index contributed by atoms with van der Waals surface area (Å²) in [6, 6.07) is 4.19. The van der Waals surface area contributed by atoms with Gasteiger partial charge in [0.2, 0.25) is 0 Å². The number of nitrogens with zero attached hydrogens (tertiary/aromatic N) is 3. The molecular formula is C26H37Cl2N5O3S. The predicted octanol–water partition coefficient (Wildman–Crippen LogP) is 4.98. The highest BCUT2D eigenvalue weighted by Crippen LogP contribution is 2.23. The molecule has 0 radical (unpaired) electrons. The van der Waals surface area contributed by atoms with E-state index in [1.54, 1.807) is 31.4 Å². The fourth-order valence-electron chi connectivity index (χ4n) is 4.63. The van der Waals surface area contributed by atoms with Gasteiger partial charge in [-0.15, -0.1) is 0 Å². The van der Waals surface area contributed by atoms with Gasteiger partial charge in [0.05, 0.1) is 5.56 Å². The summed E-state index contributed by atoms with van der Waals surface area (Å²) >= 11 is 13.7. The number of urea groups is 1. The van der Waals surface area contributed by atoms with Gasteiger partial charge in [0.15, 0.2) is 0 Å². The molecule has 0 aromatic carbocycles. The van der Waals surface area contributed by atoms with Crippen LogP contribution in [0.3, 0.4) is 0 Å². The Morgan fingerprint density at radius 1 is 1.27 bits per heavy atom. The number of carbonyl (C=O) groups is 2. The largest absolute Gasteiger partial charge is 0.385 e. The minimum atomic E-state index is -0.238. The van der Waals surface area contributed by atoms with Crippen molar-refractivity contribution in [1.82, 2.24) is 25.4 Å². The second kappa shape index (κ2) is 14.9. The number of hydrogen-bond acceptors (Lipinski definition) is 6. The fraction of sp³-hybridized carbons (Fsp3) is 0.577. The van der Waals surface area contributed by atoms with Gasteiger partial charge in [-0.05, 0) is 73.6 Å². The van der Waals surface area contributed by atoms with Gasteiger partial charge in [0, 0.05) is 58.5 Å². The summed E-state index contributed by atoms with van der Waals surface area (Å²) < 4.78 is 5.09. The van der Waals surface area contributed by atoms with E-state index in [2.05, 4.69) is 38.9 Å². The highest BCUT2D eigenvalue weighted by Gasteiger charge is 2.29. The van der Waals surface area contributed by atoms with E-state index in [0.29, 0.717) is 43.4 Å². The van der Waals surface area contributed by atoms with Gasteiger partial charge in [-0.2, -0.15) is 11.3 Å². The number of rotatable bonds is 12. The molecule has 3 rings (SSSR count). The van der Waals surface area contributed by atoms with E-state index in [4.69, 9.17) is 27.9 Å². The topological polar surface area (TPSA) is 86.8 Å². The molecule has 0 aliphatic carbocycles. The van der Waals surface area contributed by atoms with Crippen molar-refractivity contribution in [3.8, 4) is 0 Å². The first kappa shape index (κ1) is 29.6. The monoisotopic (exact) mass is 569 g/mol. The van der Waals surface area contributed by atoms with Gasteiger partial charge < -0.3 is 25.2 Å². The molecule has 204 valence electrons. The Morgan fingerprint density at radius 3 is 2.68 bits per heavy atom. The third-order valence-corrected chi connectivity index (χ3v) is 7.97. The number of thiophene rings is 1. The summed E-state index contributed by atoms with van der Waals surface area (Å²) in [7, 11) is 1.67. The van der Waals surface area contributed by atoms with Crippen LogP contribution >= 0.6 is 34.5 Å². The zero-order valence-electron chi connectivity index (χ0n) is 21.8. The van der Waals surface area contributed by atoms with Crippen LogP contribution in [0.1, 0.15) is 54.1 Å². The SMILES string of the molecule is COCCCNC(=O)N(Cc1ccsc1)C1CCN([C@H](C)CCNC(=O)c2c(C)cc(Cl)nc2Cl)CC1. The van der Waals surface area contributed by atoms with Crippen molar-refractivity contribution in [2.75, 3.05) is 39.9 Å². The van der Waals surface area contributed by atoms with Gasteiger partial charge in [0.25, 0.3) is 5.91 Å². The van der Waals surface area contributed by atoms with Crippen molar-refractivity contribution in [2.45, 2.75) is 58.2 Å². The Kier molecular flexibility index (Phi) is 11.9. The van der Waals surface area contributed by atoms with Crippen molar-refractivity contribution in [1.29, 1.82) is 0 Å². The Bertz CT molecular complexity index is 993. The van der Waals surface area contributed by atoms with E-state index in [0.717, 1.165) is 44.3 Å². The summed E-state index contributed by atoms with van der Waals surface area (Å²) in [5, 5.41) is 10.6. The molecule has 1 aliphatic heterocycles. The van der Waals surface area contributed by atoms with Crippen LogP contribution in [0.25, 0.3) is 0 Å². The van der Waals surface area contributed by atoms with Gasteiger partial charge in [-0.1, -0.05) is 23.2 Å². The van der Waals surface area contributed by atoms with Crippen LogP contribution in [0, 0.1) is 6.92 Å². The molecule has 37 heavy (non-hydrogen) atoms. The number of halogens is 2. The van der Waals surface area contributed by atoms with Crippen molar-refractivity contribution in [3.05, 3.63) is 49.9 Å². The number of carbonyl (C=O) groups excluding carboxylic acids is 2. The third-order valence-electron chi connectivity index (χ3n) is 6.77. The number of pyridine rings is 1. The van der Waals surface area contributed by atoms with E-state index < -0.39 is 0 Å². The molecule has 1 aliphatic rings. The molecule has 0 saturated carbocycles. The number of hydrogen-bond donors (Lipinski definition) is 2. The molecule has 8 nitrogen and oxygen atoms in total. The highest BCUT2D eigenvalue weighted by molar-refractivity contribution is 7.07. The van der Waals surface area contributed by atoms with E-state index in [1.807, 2.05) is 10.3 Å². The smallest absolute Gasteiger partial charge is 0.317 e. The normalized spacial score (nSPS) is 15.4. The van der Waals surface area contributed by atoms with Crippen molar-refractivity contribution >= 4 is 46.5 Å². The molecule has 3 heterocycles. The Labute approximate surface area is 233 Å². The summed E-state index contributed by atoms with van der Waals surface area (Å²) in [5.74, 6) is -0.238. The van der Waals surface area contributed by atoms with Crippen LogP contribution in [0.2, 0.25) is 10.3 Å². The molecular weight excluding hydrogens is 533 g/mol. The maximum atomic E-state index is 13.0. The number of aryl methyl sites for hydroxylation is 1. The maximum Gasteiger partial charge on any atom is 0.317 e. The molecule has 3 amide bonds. The van der Waals surface area contributed by atoms with Crippen LogP contribution in [0.15, 0.2) is 22.9 Å². The van der Waals surface area contributed by atoms with E-state index in [9.17, 15) is 9.59 Å². The minimum absolute atomic E-state index is 0.0119. The molecule has 0 unspecified atom stereocenters. The Hall–Kier alpha value is -1.91. The Balaban J connectivity index is 1.48. The maximum absolute atomic E-state index is 13.0. The summed E-state index contributed by atoms with van der Waals surface area (Å²) in [6.45, 7) is 8.17. The lowest BCUT2D eigenvalue weighted by Gasteiger charge is -2.40. The van der Waals surface area contributed by atoms with Crippen LogP contribution < -0.4 is 10.6 Å². The number of methoxy groups -OCH3 is 1. The van der Waals surface area contributed by atoms with Crippen molar-refractivity contribution in [2.24, 2.45) is 0 Å². The Morgan fingerprint density at radius 2 is 2.03 bits per heavy atom. The molecule has 2 aromatic rings. The summed E-state index contributed by atoms with van der Waals surface area (Å²) in [5.41, 5.74) is 2.23. The zero-order chi connectivity index (χ0) is 26.8. The minimum Gasteiger partial charge on any atom is -0.385 e. The van der Waals surface area contributed by atoms with Gasteiger partial charge in [-0.25, -0.2) is 9.78 Å². The average molecular weight is 571 g/mol. The fourth-order valence-corrected chi connectivity index (χ4v) is 5.91.